The Bertz CT molecular complexity index is 644. The van der Waals surface area contributed by atoms with Crippen molar-refractivity contribution in [2.24, 2.45) is 0 Å². The van der Waals surface area contributed by atoms with Crippen LogP contribution in [0.4, 0.5) is 5.69 Å². The Labute approximate surface area is 124 Å². The minimum Gasteiger partial charge on any atom is -0.307 e. The third-order valence-corrected chi connectivity index (χ3v) is 4.14. The second kappa shape index (κ2) is 5.66. The Hall–Kier alpha value is -2.20. The van der Waals surface area contributed by atoms with Gasteiger partial charge in [-0.15, -0.1) is 0 Å². The molecule has 1 aliphatic rings. The van der Waals surface area contributed by atoms with E-state index in [-0.39, 0.29) is 16.7 Å². The van der Waals surface area contributed by atoms with Gasteiger partial charge >= 0.3 is 0 Å². The van der Waals surface area contributed by atoms with E-state index >= 15 is 0 Å². The topological polar surface area (TPSA) is 55.2 Å². The molecule has 0 saturated heterocycles. The molecule has 0 fully saturated rings. The quantitative estimate of drug-likeness (QED) is 0.690. The van der Waals surface area contributed by atoms with Gasteiger partial charge in [-0.05, 0) is 30.9 Å². The van der Waals surface area contributed by atoms with Crippen molar-refractivity contribution < 1.29 is 4.92 Å². The molecule has 2 aromatic carbocycles. The predicted octanol–water partition coefficient (Wildman–Crippen LogP) is 3.41. The van der Waals surface area contributed by atoms with E-state index in [2.05, 4.69) is 29.6 Å². The summed E-state index contributed by atoms with van der Waals surface area (Å²) in [4.78, 5) is 10.8. The summed E-state index contributed by atoms with van der Waals surface area (Å²) in [7, 11) is 0. The van der Waals surface area contributed by atoms with Gasteiger partial charge in [-0.3, -0.25) is 10.1 Å². The molecule has 0 spiro atoms. The monoisotopic (exact) mass is 282 g/mol. The maximum absolute atomic E-state index is 11.1. The highest BCUT2D eigenvalue weighted by Crippen LogP contribution is 2.27. The summed E-state index contributed by atoms with van der Waals surface area (Å²) < 4.78 is 0. The lowest BCUT2D eigenvalue weighted by Crippen LogP contribution is -2.32. The summed E-state index contributed by atoms with van der Waals surface area (Å²) in [6.45, 7) is 1.99. The highest BCUT2D eigenvalue weighted by molar-refractivity contribution is 5.42. The van der Waals surface area contributed by atoms with Crippen molar-refractivity contribution in [1.29, 1.82) is 0 Å². The molecule has 0 heterocycles. The predicted molar refractivity (Wildman–Crippen MR) is 82.3 cm³/mol. The van der Waals surface area contributed by atoms with Crippen LogP contribution in [0.5, 0.6) is 0 Å². The van der Waals surface area contributed by atoms with Gasteiger partial charge in [0, 0.05) is 23.7 Å². The molecule has 3 rings (SSSR count). The lowest BCUT2D eigenvalue weighted by atomic mass is 10.0. The molecule has 4 heteroatoms. The average molecular weight is 282 g/mol. The van der Waals surface area contributed by atoms with Gasteiger partial charge in [0.2, 0.25) is 0 Å². The van der Waals surface area contributed by atoms with Crippen molar-refractivity contribution in [3.63, 3.8) is 0 Å². The Morgan fingerprint density at radius 3 is 2.29 bits per heavy atom. The van der Waals surface area contributed by atoms with Gasteiger partial charge in [0.05, 0.1) is 4.92 Å². The van der Waals surface area contributed by atoms with E-state index in [0.717, 1.165) is 18.4 Å². The molecule has 0 bridgehead atoms. The SMILES string of the molecule is CC(NC1Cc2ccccc2C1)c1ccccc1[N+](=O)[O-]. The van der Waals surface area contributed by atoms with E-state index in [1.165, 1.54) is 11.1 Å². The third-order valence-electron chi connectivity index (χ3n) is 4.14. The normalized spacial score (nSPS) is 15.7. The molecule has 0 aromatic heterocycles. The first-order valence-corrected chi connectivity index (χ1v) is 7.21. The first kappa shape index (κ1) is 13.8. The molecule has 1 atom stereocenters. The fourth-order valence-corrected chi connectivity index (χ4v) is 3.14. The number of nitro benzene ring substituents is 1. The zero-order valence-corrected chi connectivity index (χ0v) is 12.0. The summed E-state index contributed by atoms with van der Waals surface area (Å²) in [5.74, 6) is 0. The molecule has 2 aromatic rings. The maximum atomic E-state index is 11.1. The summed E-state index contributed by atoms with van der Waals surface area (Å²) in [6.07, 6.45) is 1.97. The molecule has 0 radical (unpaired) electrons. The van der Waals surface area contributed by atoms with Crippen LogP contribution in [0.25, 0.3) is 0 Å². The number of para-hydroxylation sites is 1. The molecule has 1 unspecified atom stereocenters. The molecule has 0 amide bonds. The van der Waals surface area contributed by atoms with Crippen LogP contribution in [0.15, 0.2) is 48.5 Å². The van der Waals surface area contributed by atoms with Crippen LogP contribution in [0.1, 0.15) is 29.7 Å². The van der Waals surface area contributed by atoms with Crippen LogP contribution in [-0.2, 0) is 12.8 Å². The summed E-state index contributed by atoms with van der Waals surface area (Å²) in [6, 6.07) is 15.7. The van der Waals surface area contributed by atoms with Crippen molar-refractivity contribution >= 4 is 5.69 Å². The van der Waals surface area contributed by atoms with Crippen LogP contribution in [0.2, 0.25) is 0 Å². The number of benzene rings is 2. The number of hydrogen-bond donors (Lipinski definition) is 1. The zero-order valence-electron chi connectivity index (χ0n) is 12.0. The first-order valence-electron chi connectivity index (χ1n) is 7.21. The Kier molecular flexibility index (Phi) is 3.71. The third kappa shape index (κ3) is 2.81. The Balaban J connectivity index is 1.74. The van der Waals surface area contributed by atoms with Gasteiger partial charge in [-0.25, -0.2) is 0 Å². The van der Waals surface area contributed by atoms with Gasteiger partial charge in [-0.2, -0.15) is 0 Å². The van der Waals surface area contributed by atoms with Crippen molar-refractivity contribution in [3.05, 3.63) is 75.3 Å². The minimum atomic E-state index is -0.309. The van der Waals surface area contributed by atoms with E-state index in [0.29, 0.717) is 6.04 Å². The summed E-state index contributed by atoms with van der Waals surface area (Å²) >= 11 is 0. The number of fused-ring (bicyclic) bond motifs is 1. The number of nitrogens with zero attached hydrogens (tertiary/aromatic N) is 1. The van der Waals surface area contributed by atoms with Crippen molar-refractivity contribution in [2.45, 2.75) is 31.8 Å². The molecular weight excluding hydrogens is 264 g/mol. The number of nitrogens with one attached hydrogen (secondary N) is 1. The highest BCUT2D eigenvalue weighted by Gasteiger charge is 2.25. The van der Waals surface area contributed by atoms with E-state index in [1.807, 2.05) is 19.1 Å². The van der Waals surface area contributed by atoms with Crippen LogP contribution < -0.4 is 5.32 Å². The smallest absolute Gasteiger partial charge is 0.274 e. The maximum Gasteiger partial charge on any atom is 0.274 e. The fraction of sp³-hybridized carbons (Fsp3) is 0.294. The second-order valence-electron chi connectivity index (χ2n) is 5.58. The molecular formula is C17H18N2O2. The lowest BCUT2D eigenvalue weighted by molar-refractivity contribution is -0.385. The highest BCUT2D eigenvalue weighted by atomic mass is 16.6. The van der Waals surface area contributed by atoms with Crippen LogP contribution in [0, 0.1) is 10.1 Å². The summed E-state index contributed by atoms with van der Waals surface area (Å²) in [5.41, 5.74) is 3.70. The van der Waals surface area contributed by atoms with Gasteiger partial charge in [0.15, 0.2) is 0 Å². The molecule has 1 aliphatic carbocycles. The Morgan fingerprint density at radius 1 is 1.10 bits per heavy atom. The first-order chi connectivity index (χ1) is 10.1. The van der Waals surface area contributed by atoms with Crippen molar-refractivity contribution in [1.82, 2.24) is 5.32 Å². The largest absolute Gasteiger partial charge is 0.307 e. The molecule has 0 saturated carbocycles. The van der Waals surface area contributed by atoms with Gasteiger partial charge < -0.3 is 5.32 Å². The van der Waals surface area contributed by atoms with Crippen molar-refractivity contribution in [2.75, 3.05) is 0 Å². The minimum absolute atomic E-state index is 0.0362. The number of hydrogen-bond acceptors (Lipinski definition) is 3. The molecule has 4 nitrogen and oxygen atoms in total. The van der Waals surface area contributed by atoms with Gasteiger partial charge in [-0.1, -0.05) is 42.5 Å². The molecule has 108 valence electrons. The fourth-order valence-electron chi connectivity index (χ4n) is 3.14. The van der Waals surface area contributed by atoms with Gasteiger partial charge in [0.25, 0.3) is 5.69 Å². The molecule has 0 aliphatic heterocycles. The number of nitro groups is 1. The zero-order chi connectivity index (χ0) is 14.8. The van der Waals surface area contributed by atoms with Crippen LogP contribution in [-0.4, -0.2) is 11.0 Å². The van der Waals surface area contributed by atoms with Crippen molar-refractivity contribution in [3.8, 4) is 0 Å². The average Bonchev–Trinajstić information content (AvgIpc) is 2.89. The molecule has 21 heavy (non-hydrogen) atoms. The number of rotatable bonds is 4. The van der Waals surface area contributed by atoms with E-state index in [4.69, 9.17) is 0 Å². The van der Waals surface area contributed by atoms with Crippen LogP contribution in [0.3, 0.4) is 0 Å². The van der Waals surface area contributed by atoms with E-state index < -0.39 is 0 Å². The van der Waals surface area contributed by atoms with E-state index in [1.54, 1.807) is 12.1 Å². The summed E-state index contributed by atoms with van der Waals surface area (Å²) in [5, 5.41) is 14.7. The lowest BCUT2D eigenvalue weighted by Gasteiger charge is -2.19. The second-order valence-corrected chi connectivity index (χ2v) is 5.58. The van der Waals surface area contributed by atoms with E-state index in [9.17, 15) is 10.1 Å². The van der Waals surface area contributed by atoms with Crippen LogP contribution >= 0.6 is 0 Å². The Morgan fingerprint density at radius 2 is 1.67 bits per heavy atom. The standard InChI is InChI=1S/C17H18N2O2/c1-12(16-8-4-5-9-17(16)19(20)21)18-15-10-13-6-2-3-7-14(13)11-15/h2-9,12,15,18H,10-11H2,1H3. The molecule has 1 N–H and O–H groups in total. The van der Waals surface area contributed by atoms with Gasteiger partial charge in [0.1, 0.15) is 0 Å².